The first-order valence-corrected chi connectivity index (χ1v) is 7.79. The Bertz CT molecular complexity index is 217. The Morgan fingerprint density at radius 1 is 1.17 bits per heavy atom. The highest BCUT2D eigenvalue weighted by molar-refractivity contribution is 4.81. The molecule has 0 aromatic rings. The minimum atomic E-state index is 0.317. The molecule has 2 heteroatoms. The van der Waals surface area contributed by atoms with Gasteiger partial charge < -0.3 is 10.4 Å². The highest BCUT2D eigenvalue weighted by atomic mass is 16.2. The van der Waals surface area contributed by atoms with Gasteiger partial charge in [0.2, 0.25) is 0 Å². The van der Waals surface area contributed by atoms with E-state index in [4.69, 9.17) is 5.11 Å². The van der Waals surface area contributed by atoms with Gasteiger partial charge in [0.15, 0.2) is 0 Å². The van der Waals surface area contributed by atoms with E-state index in [1.807, 2.05) is 0 Å². The summed E-state index contributed by atoms with van der Waals surface area (Å²) in [6, 6.07) is 0.730. The molecule has 0 aromatic heterocycles. The van der Waals surface area contributed by atoms with Gasteiger partial charge >= 0.3 is 0 Å². The molecule has 1 aliphatic carbocycles. The van der Waals surface area contributed by atoms with Crippen LogP contribution < -0.4 is 5.32 Å². The molecule has 0 unspecified atom stereocenters. The Morgan fingerprint density at radius 2 is 1.78 bits per heavy atom. The summed E-state index contributed by atoms with van der Waals surface area (Å²) >= 11 is 0. The Labute approximate surface area is 114 Å². The van der Waals surface area contributed by atoms with Crippen molar-refractivity contribution in [3.8, 4) is 0 Å². The molecule has 0 aliphatic heterocycles. The van der Waals surface area contributed by atoms with Crippen LogP contribution in [0.4, 0.5) is 0 Å². The van der Waals surface area contributed by atoms with Crippen LogP contribution in [0.15, 0.2) is 0 Å². The van der Waals surface area contributed by atoms with Crippen molar-refractivity contribution in [2.24, 2.45) is 17.3 Å². The molecule has 0 saturated heterocycles. The molecule has 1 fully saturated rings. The van der Waals surface area contributed by atoms with Crippen molar-refractivity contribution in [1.29, 1.82) is 0 Å². The molecule has 108 valence electrons. The van der Waals surface area contributed by atoms with E-state index in [-0.39, 0.29) is 0 Å². The van der Waals surface area contributed by atoms with Crippen molar-refractivity contribution < 1.29 is 5.11 Å². The number of rotatable bonds is 7. The van der Waals surface area contributed by atoms with Gasteiger partial charge in [-0.2, -0.15) is 0 Å². The predicted octanol–water partition coefficient (Wildman–Crippen LogP) is 3.59. The number of hydrogen-bond acceptors (Lipinski definition) is 2. The van der Waals surface area contributed by atoms with E-state index in [1.165, 1.54) is 25.7 Å². The minimum absolute atomic E-state index is 0.317. The molecule has 0 bridgehead atoms. The number of aliphatic hydroxyl groups excluding tert-OH is 1. The highest BCUT2D eigenvalue weighted by Gasteiger charge is 2.25. The molecule has 1 saturated carbocycles. The maximum Gasteiger partial charge on any atom is 0.0431 e. The van der Waals surface area contributed by atoms with Crippen molar-refractivity contribution in [1.82, 2.24) is 5.32 Å². The van der Waals surface area contributed by atoms with E-state index in [2.05, 4.69) is 33.0 Å². The first-order valence-electron chi connectivity index (χ1n) is 7.79. The Morgan fingerprint density at radius 3 is 2.28 bits per heavy atom. The SMILES string of the molecule is CC(C)C1CCC(NCC(C)(C)CCCO)CC1. The summed E-state index contributed by atoms with van der Waals surface area (Å²) in [4.78, 5) is 0. The molecule has 0 radical (unpaired) electrons. The molecule has 2 N–H and O–H groups in total. The Hall–Kier alpha value is -0.0800. The summed E-state index contributed by atoms with van der Waals surface area (Å²) in [5.74, 6) is 1.80. The lowest BCUT2D eigenvalue weighted by atomic mass is 9.79. The quantitative estimate of drug-likeness (QED) is 0.728. The van der Waals surface area contributed by atoms with Crippen molar-refractivity contribution in [3.05, 3.63) is 0 Å². The van der Waals surface area contributed by atoms with Crippen LogP contribution in [0, 0.1) is 17.3 Å². The lowest BCUT2D eigenvalue weighted by Crippen LogP contribution is -2.39. The third kappa shape index (κ3) is 5.71. The molecule has 0 heterocycles. The fourth-order valence-corrected chi connectivity index (χ4v) is 3.06. The van der Waals surface area contributed by atoms with Gasteiger partial charge in [0, 0.05) is 19.2 Å². The fraction of sp³-hybridized carbons (Fsp3) is 1.00. The second-order valence-corrected chi connectivity index (χ2v) is 7.23. The van der Waals surface area contributed by atoms with Crippen LogP contribution in [0.1, 0.15) is 66.2 Å². The lowest BCUT2D eigenvalue weighted by Gasteiger charge is -2.34. The molecular weight excluding hydrogens is 222 g/mol. The van der Waals surface area contributed by atoms with E-state index >= 15 is 0 Å². The Balaban J connectivity index is 2.21. The van der Waals surface area contributed by atoms with Crippen molar-refractivity contribution in [3.63, 3.8) is 0 Å². The molecule has 0 aromatic carbocycles. The van der Waals surface area contributed by atoms with Crippen LogP contribution in [-0.2, 0) is 0 Å². The van der Waals surface area contributed by atoms with Crippen LogP contribution in [0.5, 0.6) is 0 Å². The van der Waals surface area contributed by atoms with Gasteiger partial charge in [-0.05, 0) is 55.8 Å². The van der Waals surface area contributed by atoms with Gasteiger partial charge in [-0.1, -0.05) is 27.7 Å². The summed E-state index contributed by atoms with van der Waals surface area (Å²) < 4.78 is 0. The monoisotopic (exact) mass is 255 g/mol. The van der Waals surface area contributed by atoms with Gasteiger partial charge in [-0.3, -0.25) is 0 Å². The highest BCUT2D eigenvalue weighted by Crippen LogP contribution is 2.30. The largest absolute Gasteiger partial charge is 0.396 e. The maximum atomic E-state index is 8.91. The zero-order valence-electron chi connectivity index (χ0n) is 12.8. The summed E-state index contributed by atoms with van der Waals surface area (Å²) in [5.41, 5.74) is 0.317. The van der Waals surface area contributed by atoms with E-state index in [1.54, 1.807) is 0 Å². The van der Waals surface area contributed by atoms with Crippen LogP contribution >= 0.6 is 0 Å². The zero-order chi connectivity index (χ0) is 13.6. The van der Waals surface area contributed by atoms with Crippen LogP contribution in [0.25, 0.3) is 0 Å². The van der Waals surface area contributed by atoms with Crippen LogP contribution in [0.3, 0.4) is 0 Å². The molecule has 0 spiro atoms. The van der Waals surface area contributed by atoms with E-state index < -0.39 is 0 Å². The molecule has 18 heavy (non-hydrogen) atoms. The van der Waals surface area contributed by atoms with Crippen LogP contribution in [0.2, 0.25) is 0 Å². The van der Waals surface area contributed by atoms with Gasteiger partial charge in [0.05, 0.1) is 0 Å². The van der Waals surface area contributed by atoms with Crippen molar-refractivity contribution >= 4 is 0 Å². The molecule has 2 nitrogen and oxygen atoms in total. The van der Waals surface area contributed by atoms with Crippen LogP contribution in [-0.4, -0.2) is 24.3 Å². The standard InChI is InChI=1S/C16H33NO/c1-13(2)14-6-8-15(9-7-14)17-12-16(3,4)10-5-11-18/h13-15,17-18H,5-12H2,1-4H3. The zero-order valence-corrected chi connectivity index (χ0v) is 12.8. The van der Waals surface area contributed by atoms with Gasteiger partial charge in [-0.15, -0.1) is 0 Å². The van der Waals surface area contributed by atoms with E-state index in [0.717, 1.165) is 37.3 Å². The number of aliphatic hydroxyl groups is 1. The molecular formula is C16H33NO. The third-order valence-corrected chi connectivity index (χ3v) is 4.60. The summed E-state index contributed by atoms with van der Waals surface area (Å²) in [5, 5.41) is 12.7. The normalized spacial score (nSPS) is 25.7. The smallest absolute Gasteiger partial charge is 0.0431 e. The number of nitrogens with one attached hydrogen (secondary N) is 1. The summed E-state index contributed by atoms with van der Waals surface area (Å²) in [6.45, 7) is 10.7. The maximum absolute atomic E-state index is 8.91. The topological polar surface area (TPSA) is 32.3 Å². The second-order valence-electron chi connectivity index (χ2n) is 7.23. The average molecular weight is 255 g/mol. The summed E-state index contributed by atoms with van der Waals surface area (Å²) in [7, 11) is 0. The van der Waals surface area contributed by atoms with Gasteiger partial charge in [0.25, 0.3) is 0 Å². The first-order chi connectivity index (χ1) is 8.44. The average Bonchev–Trinajstić information content (AvgIpc) is 2.35. The fourth-order valence-electron chi connectivity index (χ4n) is 3.06. The lowest BCUT2D eigenvalue weighted by molar-refractivity contribution is 0.204. The van der Waals surface area contributed by atoms with Crippen molar-refractivity contribution in [2.75, 3.05) is 13.2 Å². The van der Waals surface area contributed by atoms with Gasteiger partial charge in [0.1, 0.15) is 0 Å². The number of hydrogen-bond donors (Lipinski definition) is 2. The first kappa shape index (κ1) is 16.0. The molecule has 1 aliphatic rings. The van der Waals surface area contributed by atoms with E-state index in [9.17, 15) is 0 Å². The third-order valence-electron chi connectivity index (χ3n) is 4.60. The van der Waals surface area contributed by atoms with Gasteiger partial charge in [-0.25, -0.2) is 0 Å². The second kappa shape index (κ2) is 7.49. The molecule has 0 amide bonds. The summed E-state index contributed by atoms with van der Waals surface area (Å²) in [6.07, 6.45) is 7.52. The molecule has 1 rings (SSSR count). The predicted molar refractivity (Wildman–Crippen MR) is 78.7 cm³/mol. The Kier molecular flexibility index (Phi) is 6.65. The van der Waals surface area contributed by atoms with Crippen molar-refractivity contribution in [2.45, 2.75) is 72.3 Å². The molecule has 0 atom stereocenters. The minimum Gasteiger partial charge on any atom is -0.396 e. The van der Waals surface area contributed by atoms with E-state index in [0.29, 0.717) is 12.0 Å².